The average molecular weight is 281 g/mol. The van der Waals surface area contributed by atoms with Gasteiger partial charge < -0.3 is 10.1 Å². The first-order chi connectivity index (χ1) is 7.36. The number of nitrogens with one attached hydrogen (secondary N) is 2. The van der Waals surface area contributed by atoms with E-state index in [0.29, 0.717) is 12.0 Å². The first-order valence-corrected chi connectivity index (χ1v) is 5.55. The van der Waals surface area contributed by atoms with Crippen LogP contribution in [0.2, 0.25) is 0 Å². The number of rotatable bonds is 3. The van der Waals surface area contributed by atoms with E-state index in [1.54, 1.807) is 7.11 Å². The molecule has 0 radical (unpaired) electrons. The Morgan fingerprint density at radius 1 is 1.29 bits per heavy atom. The predicted octanol–water partition coefficient (Wildman–Crippen LogP) is 1.58. The summed E-state index contributed by atoms with van der Waals surface area (Å²) >= 11 is 0. The van der Waals surface area contributed by atoms with Crippen LogP contribution in [0.1, 0.15) is 42.9 Å². The summed E-state index contributed by atoms with van der Waals surface area (Å²) in [7, 11) is 1.75. The maximum absolute atomic E-state index is 5.30. The molecule has 1 aromatic rings. The van der Waals surface area contributed by atoms with Gasteiger partial charge in [-0.15, -0.1) is 24.8 Å². The van der Waals surface area contributed by atoms with Crippen LogP contribution in [0.25, 0.3) is 0 Å². The normalized spacial score (nSPS) is 27.4. The lowest BCUT2D eigenvalue weighted by atomic mass is 10.2. The summed E-state index contributed by atoms with van der Waals surface area (Å²) in [5, 5.41) is 10.7. The summed E-state index contributed by atoms with van der Waals surface area (Å²) in [4.78, 5) is 4.54. The Kier molecular flexibility index (Phi) is 5.19. The van der Waals surface area contributed by atoms with E-state index >= 15 is 0 Å². The number of nitrogens with zero attached hydrogens (tertiary/aromatic N) is 2. The first-order valence-electron chi connectivity index (χ1n) is 5.55. The third-order valence-corrected chi connectivity index (χ3v) is 3.22. The average Bonchev–Trinajstić information content (AvgIpc) is 2.84. The van der Waals surface area contributed by atoms with Crippen LogP contribution in [0.5, 0.6) is 0 Å². The highest BCUT2D eigenvalue weighted by atomic mass is 35.5. The van der Waals surface area contributed by atoms with Crippen molar-refractivity contribution in [3.8, 4) is 0 Å². The van der Waals surface area contributed by atoms with Crippen molar-refractivity contribution in [3.05, 3.63) is 11.6 Å². The molecule has 1 aliphatic carbocycles. The van der Waals surface area contributed by atoms with Crippen molar-refractivity contribution in [1.82, 2.24) is 20.5 Å². The predicted molar refractivity (Wildman–Crippen MR) is 69.0 cm³/mol. The molecule has 0 bridgehead atoms. The molecule has 0 amide bonds. The van der Waals surface area contributed by atoms with Gasteiger partial charge >= 0.3 is 0 Å². The molecular formula is C10H18Cl2N4O. The van der Waals surface area contributed by atoms with E-state index in [9.17, 15) is 0 Å². The SMILES string of the molecule is CO[C@H]1CN[C@H](c2nc(C3CC3)n[nH]2)C1.Cl.Cl. The van der Waals surface area contributed by atoms with E-state index in [4.69, 9.17) is 4.74 Å². The highest BCUT2D eigenvalue weighted by Crippen LogP contribution is 2.38. The number of hydrogen-bond acceptors (Lipinski definition) is 4. The van der Waals surface area contributed by atoms with E-state index in [1.807, 2.05) is 0 Å². The number of hydrogen-bond donors (Lipinski definition) is 2. The third kappa shape index (κ3) is 3.10. The summed E-state index contributed by atoms with van der Waals surface area (Å²) in [6.45, 7) is 0.903. The summed E-state index contributed by atoms with van der Waals surface area (Å²) in [5.41, 5.74) is 0. The zero-order chi connectivity index (χ0) is 10.3. The molecule has 17 heavy (non-hydrogen) atoms. The highest BCUT2D eigenvalue weighted by molar-refractivity contribution is 5.85. The molecule has 0 unspecified atom stereocenters. The van der Waals surface area contributed by atoms with Crippen LogP contribution in [0.3, 0.4) is 0 Å². The van der Waals surface area contributed by atoms with Crippen molar-refractivity contribution in [2.24, 2.45) is 0 Å². The molecule has 1 aromatic heterocycles. The van der Waals surface area contributed by atoms with Crippen molar-refractivity contribution in [2.75, 3.05) is 13.7 Å². The second-order valence-electron chi connectivity index (χ2n) is 4.41. The summed E-state index contributed by atoms with van der Waals surface area (Å²) in [5.74, 6) is 2.58. The molecule has 1 saturated heterocycles. The molecule has 1 aliphatic heterocycles. The van der Waals surface area contributed by atoms with Gasteiger partial charge in [0, 0.05) is 19.6 Å². The van der Waals surface area contributed by atoms with Gasteiger partial charge in [0.05, 0.1) is 12.1 Å². The van der Waals surface area contributed by atoms with Crippen molar-refractivity contribution >= 4 is 24.8 Å². The Hall–Kier alpha value is -0.360. The third-order valence-electron chi connectivity index (χ3n) is 3.22. The minimum Gasteiger partial charge on any atom is -0.380 e. The first kappa shape index (κ1) is 14.7. The maximum Gasteiger partial charge on any atom is 0.153 e. The molecule has 3 rings (SSSR count). The van der Waals surface area contributed by atoms with Crippen LogP contribution in [0, 0.1) is 0 Å². The second-order valence-corrected chi connectivity index (χ2v) is 4.41. The second kappa shape index (κ2) is 6.00. The minimum absolute atomic E-state index is 0. The molecule has 2 aliphatic rings. The number of H-pyrrole nitrogens is 1. The molecule has 2 atom stereocenters. The van der Waals surface area contributed by atoms with Gasteiger partial charge in [-0.2, -0.15) is 5.10 Å². The van der Waals surface area contributed by atoms with Gasteiger partial charge in [0.1, 0.15) is 5.82 Å². The summed E-state index contributed by atoms with van der Waals surface area (Å²) in [6, 6.07) is 0.287. The van der Waals surface area contributed by atoms with E-state index in [0.717, 1.165) is 24.6 Å². The fourth-order valence-corrected chi connectivity index (χ4v) is 2.06. The highest BCUT2D eigenvalue weighted by Gasteiger charge is 2.31. The summed E-state index contributed by atoms with van der Waals surface area (Å²) < 4.78 is 5.30. The van der Waals surface area contributed by atoms with Crippen molar-refractivity contribution in [2.45, 2.75) is 37.3 Å². The fraction of sp³-hybridized carbons (Fsp3) is 0.800. The largest absolute Gasteiger partial charge is 0.380 e. The molecule has 98 valence electrons. The van der Waals surface area contributed by atoms with Gasteiger partial charge in [-0.1, -0.05) is 0 Å². The zero-order valence-corrected chi connectivity index (χ0v) is 11.3. The monoisotopic (exact) mass is 280 g/mol. The van der Waals surface area contributed by atoms with Gasteiger partial charge in [0.25, 0.3) is 0 Å². The maximum atomic E-state index is 5.30. The Morgan fingerprint density at radius 3 is 2.65 bits per heavy atom. The van der Waals surface area contributed by atoms with Gasteiger partial charge in [-0.3, -0.25) is 5.10 Å². The van der Waals surface area contributed by atoms with Crippen LogP contribution >= 0.6 is 24.8 Å². The number of methoxy groups -OCH3 is 1. The topological polar surface area (TPSA) is 62.8 Å². The van der Waals surface area contributed by atoms with Crippen molar-refractivity contribution in [3.63, 3.8) is 0 Å². The molecule has 1 saturated carbocycles. The number of halogens is 2. The minimum atomic E-state index is 0. The number of aromatic amines is 1. The van der Waals surface area contributed by atoms with Gasteiger partial charge in [-0.05, 0) is 19.3 Å². The molecule has 5 nitrogen and oxygen atoms in total. The Bertz CT molecular complexity index is 356. The smallest absolute Gasteiger partial charge is 0.153 e. The molecule has 7 heteroatoms. The number of aromatic nitrogens is 3. The molecule has 0 aromatic carbocycles. The molecule has 2 fully saturated rings. The van der Waals surface area contributed by atoms with Crippen molar-refractivity contribution < 1.29 is 4.74 Å². The van der Waals surface area contributed by atoms with E-state index in [-0.39, 0.29) is 30.9 Å². The lowest BCUT2D eigenvalue weighted by molar-refractivity contribution is 0.117. The van der Waals surface area contributed by atoms with E-state index in [2.05, 4.69) is 20.5 Å². The number of ether oxygens (including phenoxy) is 1. The van der Waals surface area contributed by atoms with Crippen LogP contribution in [-0.4, -0.2) is 34.9 Å². The van der Waals surface area contributed by atoms with Crippen LogP contribution in [0.4, 0.5) is 0 Å². The van der Waals surface area contributed by atoms with Gasteiger partial charge in [0.15, 0.2) is 5.82 Å². The van der Waals surface area contributed by atoms with Crippen LogP contribution < -0.4 is 5.32 Å². The quantitative estimate of drug-likeness (QED) is 0.883. The van der Waals surface area contributed by atoms with Gasteiger partial charge in [0.2, 0.25) is 0 Å². The van der Waals surface area contributed by atoms with Crippen LogP contribution in [0.15, 0.2) is 0 Å². The van der Waals surface area contributed by atoms with Gasteiger partial charge in [-0.25, -0.2) is 4.98 Å². The van der Waals surface area contributed by atoms with Crippen molar-refractivity contribution in [1.29, 1.82) is 0 Å². The molecular weight excluding hydrogens is 263 g/mol. The van der Waals surface area contributed by atoms with E-state index in [1.165, 1.54) is 12.8 Å². The molecule has 2 N–H and O–H groups in total. The Morgan fingerprint density at radius 2 is 2.06 bits per heavy atom. The standard InChI is InChI=1S/C10H16N4O.2ClH/c1-15-7-4-8(11-5-7)10-12-9(13-14-10)6-2-3-6;;/h6-8,11H,2-5H2,1H3,(H,12,13,14);2*1H/t7-,8+;;/m1../s1. The Labute approximate surface area is 113 Å². The summed E-state index contributed by atoms with van der Waals surface area (Å²) in [6.07, 6.45) is 3.78. The lowest BCUT2D eigenvalue weighted by Gasteiger charge is -2.05. The molecule has 0 spiro atoms. The lowest BCUT2D eigenvalue weighted by Crippen LogP contribution is -2.16. The molecule has 2 heterocycles. The zero-order valence-electron chi connectivity index (χ0n) is 9.68. The van der Waals surface area contributed by atoms with Crippen LogP contribution in [-0.2, 0) is 4.74 Å². The Balaban J connectivity index is 0.000000722. The fourth-order valence-electron chi connectivity index (χ4n) is 2.06. The van der Waals surface area contributed by atoms with E-state index < -0.39 is 0 Å².